The van der Waals surface area contributed by atoms with Crippen molar-refractivity contribution in [3.8, 4) is 0 Å². The van der Waals surface area contributed by atoms with Crippen LogP contribution < -0.4 is 0 Å². The van der Waals surface area contributed by atoms with E-state index in [0.717, 1.165) is 10.9 Å². The summed E-state index contributed by atoms with van der Waals surface area (Å²) >= 11 is 0. The van der Waals surface area contributed by atoms with Gasteiger partial charge in [0.1, 0.15) is 5.69 Å². The molecule has 4 nitrogen and oxygen atoms in total. The summed E-state index contributed by atoms with van der Waals surface area (Å²) in [5.74, 6) is -0.838. The van der Waals surface area contributed by atoms with E-state index < -0.39 is 5.97 Å². The van der Waals surface area contributed by atoms with Crippen LogP contribution in [0.2, 0.25) is 0 Å². The summed E-state index contributed by atoms with van der Waals surface area (Å²) in [6.07, 6.45) is 0. The van der Waals surface area contributed by atoms with Gasteiger partial charge >= 0.3 is 5.97 Å². The van der Waals surface area contributed by atoms with Crippen LogP contribution in [-0.2, 0) is 4.74 Å². The smallest absolute Gasteiger partial charge is 0.357 e. The second kappa shape index (κ2) is 6.40. The van der Waals surface area contributed by atoms with Crippen molar-refractivity contribution in [3.05, 3.63) is 77.5 Å². The molecule has 0 N–H and O–H groups in total. The van der Waals surface area contributed by atoms with E-state index in [1.165, 1.54) is 0 Å². The predicted octanol–water partition coefficient (Wildman–Crippen LogP) is 3.58. The minimum absolute atomic E-state index is 0.195. The van der Waals surface area contributed by atoms with Gasteiger partial charge < -0.3 is 4.74 Å². The van der Waals surface area contributed by atoms with Crippen molar-refractivity contribution >= 4 is 22.7 Å². The van der Waals surface area contributed by atoms with E-state index in [1.54, 1.807) is 24.3 Å². The van der Waals surface area contributed by atoms with Gasteiger partial charge in [-0.2, -0.15) is 0 Å². The van der Waals surface area contributed by atoms with E-state index in [1.807, 2.05) is 43.3 Å². The molecule has 2 aromatic carbocycles. The number of ether oxygens (including phenoxy) is 1. The van der Waals surface area contributed by atoms with Gasteiger partial charge in [-0.15, -0.1) is 0 Å². The molecule has 0 aliphatic carbocycles. The molecule has 0 aliphatic rings. The van der Waals surface area contributed by atoms with Gasteiger partial charge in [-0.05, 0) is 19.1 Å². The van der Waals surface area contributed by atoms with E-state index in [0.29, 0.717) is 11.1 Å². The molecule has 0 saturated carbocycles. The third kappa shape index (κ3) is 3.43. The Morgan fingerprint density at radius 2 is 1.70 bits per heavy atom. The van der Waals surface area contributed by atoms with Crippen LogP contribution in [0.5, 0.6) is 0 Å². The van der Waals surface area contributed by atoms with Gasteiger partial charge in [0.05, 0.1) is 5.52 Å². The SMILES string of the molecule is Cc1ccc(C(=O)COC(=O)c2ccc3ccccc3n2)cc1. The number of aromatic nitrogens is 1. The number of Topliss-reactive ketones (excluding diaryl/α,β-unsaturated/α-hetero) is 1. The number of fused-ring (bicyclic) bond motifs is 1. The first-order chi connectivity index (χ1) is 11.1. The van der Waals surface area contributed by atoms with Crippen LogP contribution in [-0.4, -0.2) is 23.3 Å². The Labute approximate surface area is 133 Å². The molecule has 23 heavy (non-hydrogen) atoms. The number of nitrogens with zero attached hydrogens (tertiary/aromatic N) is 1. The summed E-state index contributed by atoms with van der Waals surface area (Å²) in [5.41, 5.74) is 2.50. The van der Waals surface area contributed by atoms with Crippen LogP contribution in [0.25, 0.3) is 10.9 Å². The summed E-state index contributed by atoms with van der Waals surface area (Å²) in [4.78, 5) is 28.3. The highest BCUT2D eigenvalue weighted by Crippen LogP contribution is 2.12. The number of rotatable bonds is 4. The van der Waals surface area contributed by atoms with Crippen molar-refractivity contribution in [2.45, 2.75) is 6.92 Å². The van der Waals surface area contributed by atoms with Gasteiger partial charge in [0, 0.05) is 10.9 Å². The fourth-order valence-electron chi connectivity index (χ4n) is 2.21. The zero-order valence-corrected chi connectivity index (χ0v) is 12.7. The Hall–Kier alpha value is -3.01. The second-order valence-corrected chi connectivity index (χ2v) is 5.25. The number of benzene rings is 2. The number of hydrogen-bond acceptors (Lipinski definition) is 4. The Morgan fingerprint density at radius 3 is 2.48 bits per heavy atom. The number of carbonyl (C=O) groups is 2. The third-order valence-corrected chi connectivity index (χ3v) is 3.52. The number of para-hydroxylation sites is 1. The van der Waals surface area contributed by atoms with E-state index in [9.17, 15) is 9.59 Å². The predicted molar refractivity (Wildman–Crippen MR) is 87.5 cm³/mol. The maximum Gasteiger partial charge on any atom is 0.357 e. The number of hydrogen-bond donors (Lipinski definition) is 0. The molecule has 1 aromatic heterocycles. The van der Waals surface area contributed by atoms with Crippen LogP contribution >= 0.6 is 0 Å². The first kappa shape index (κ1) is 14.9. The lowest BCUT2D eigenvalue weighted by Crippen LogP contribution is -2.15. The van der Waals surface area contributed by atoms with Crippen LogP contribution in [0, 0.1) is 6.92 Å². The largest absolute Gasteiger partial charge is 0.453 e. The lowest BCUT2D eigenvalue weighted by molar-refractivity contribution is 0.0469. The maximum atomic E-state index is 12.0. The molecule has 3 aromatic rings. The molecule has 114 valence electrons. The van der Waals surface area contributed by atoms with E-state index in [2.05, 4.69) is 4.98 Å². The normalized spacial score (nSPS) is 10.5. The number of ketones is 1. The maximum absolute atomic E-state index is 12.0. The molecule has 0 bridgehead atoms. The van der Waals surface area contributed by atoms with Crippen molar-refractivity contribution in [1.29, 1.82) is 0 Å². The van der Waals surface area contributed by atoms with E-state index >= 15 is 0 Å². The van der Waals surface area contributed by atoms with Crippen LogP contribution in [0.1, 0.15) is 26.4 Å². The van der Waals surface area contributed by atoms with Gasteiger partial charge in [0.15, 0.2) is 12.4 Å². The Kier molecular flexibility index (Phi) is 4.15. The van der Waals surface area contributed by atoms with Gasteiger partial charge in [-0.3, -0.25) is 4.79 Å². The molecule has 0 atom stereocenters. The molecule has 1 heterocycles. The first-order valence-corrected chi connectivity index (χ1v) is 7.26. The van der Waals surface area contributed by atoms with Gasteiger partial charge in [-0.25, -0.2) is 9.78 Å². The summed E-state index contributed by atoms with van der Waals surface area (Å²) in [6, 6.07) is 18.0. The highest BCUT2D eigenvalue weighted by Gasteiger charge is 2.13. The molecule has 0 saturated heterocycles. The second-order valence-electron chi connectivity index (χ2n) is 5.25. The topological polar surface area (TPSA) is 56.3 Å². The Balaban J connectivity index is 1.68. The lowest BCUT2D eigenvalue weighted by atomic mass is 10.1. The Bertz CT molecular complexity index is 869. The summed E-state index contributed by atoms with van der Waals surface area (Å²) < 4.78 is 5.07. The minimum atomic E-state index is -0.601. The average molecular weight is 305 g/mol. The monoisotopic (exact) mass is 305 g/mol. The van der Waals surface area contributed by atoms with Gasteiger partial charge in [-0.1, -0.05) is 54.1 Å². The Morgan fingerprint density at radius 1 is 0.957 bits per heavy atom. The van der Waals surface area contributed by atoms with Gasteiger partial charge in [0.25, 0.3) is 0 Å². The molecular formula is C19H15NO3. The molecule has 0 fully saturated rings. The quantitative estimate of drug-likeness (QED) is 0.546. The fraction of sp³-hybridized carbons (Fsp3) is 0.105. The van der Waals surface area contributed by atoms with Crippen molar-refractivity contribution < 1.29 is 14.3 Å². The lowest BCUT2D eigenvalue weighted by Gasteiger charge is -2.05. The molecule has 0 aliphatic heterocycles. The average Bonchev–Trinajstić information content (AvgIpc) is 2.59. The van der Waals surface area contributed by atoms with Crippen LogP contribution in [0.4, 0.5) is 0 Å². The third-order valence-electron chi connectivity index (χ3n) is 3.52. The van der Waals surface area contributed by atoms with Crippen molar-refractivity contribution in [2.75, 3.05) is 6.61 Å². The highest BCUT2D eigenvalue weighted by atomic mass is 16.5. The molecular weight excluding hydrogens is 290 g/mol. The summed E-state index contributed by atoms with van der Waals surface area (Å²) in [6.45, 7) is 1.65. The minimum Gasteiger partial charge on any atom is -0.453 e. The summed E-state index contributed by atoms with van der Waals surface area (Å²) in [7, 11) is 0. The summed E-state index contributed by atoms with van der Waals surface area (Å²) in [5, 5.41) is 0.944. The van der Waals surface area contributed by atoms with Crippen molar-refractivity contribution in [1.82, 2.24) is 4.98 Å². The molecule has 0 amide bonds. The number of pyridine rings is 1. The van der Waals surface area contributed by atoms with Crippen molar-refractivity contribution in [2.24, 2.45) is 0 Å². The van der Waals surface area contributed by atoms with Gasteiger partial charge in [0.2, 0.25) is 0 Å². The fourth-order valence-corrected chi connectivity index (χ4v) is 2.21. The molecule has 4 heteroatoms. The first-order valence-electron chi connectivity index (χ1n) is 7.26. The molecule has 0 unspecified atom stereocenters. The standard InChI is InChI=1S/C19H15NO3/c1-13-6-8-15(9-7-13)18(21)12-23-19(22)17-11-10-14-4-2-3-5-16(14)20-17/h2-11H,12H2,1H3. The number of aryl methyl sites for hydroxylation is 1. The van der Waals surface area contributed by atoms with E-state index in [4.69, 9.17) is 4.74 Å². The van der Waals surface area contributed by atoms with Crippen LogP contribution in [0.3, 0.4) is 0 Å². The molecule has 0 radical (unpaired) electrons. The zero-order valence-electron chi connectivity index (χ0n) is 12.7. The highest BCUT2D eigenvalue weighted by molar-refractivity contribution is 5.99. The molecule has 0 spiro atoms. The zero-order chi connectivity index (χ0) is 16.2. The van der Waals surface area contributed by atoms with Crippen molar-refractivity contribution in [3.63, 3.8) is 0 Å². The number of carbonyl (C=O) groups excluding carboxylic acids is 2. The van der Waals surface area contributed by atoms with Crippen LogP contribution in [0.15, 0.2) is 60.7 Å². The van der Waals surface area contributed by atoms with E-state index in [-0.39, 0.29) is 18.1 Å². The number of esters is 1. The molecule has 3 rings (SSSR count).